The molecule has 5 heteroatoms. The van der Waals surface area contributed by atoms with Gasteiger partial charge < -0.3 is 13.9 Å². The van der Waals surface area contributed by atoms with Crippen LogP contribution in [0.2, 0.25) is 0 Å². The molecule has 0 radical (unpaired) electrons. The largest absolute Gasteiger partial charge is 0.468 e. The van der Waals surface area contributed by atoms with Crippen LogP contribution in [0, 0.1) is 6.92 Å². The summed E-state index contributed by atoms with van der Waals surface area (Å²) in [6.45, 7) is 2.10. The zero-order valence-corrected chi connectivity index (χ0v) is 11.2. The van der Waals surface area contributed by atoms with Gasteiger partial charge >= 0.3 is 0 Å². The smallest absolute Gasteiger partial charge is 0.231 e. The van der Waals surface area contributed by atoms with Crippen LogP contribution in [0.3, 0.4) is 0 Å². The molecule has 0 saturated carbocycles. The van der Waals surface area contributed by atoms with E-state index in [1.54, 1.807) is 24.5 Å². The molecule has 0 spiro atoms. The number of Topliss-reactive ketones (excluding diaryl/α,β-unsaturated/α-hetero) is 1. The molecule has 98 valence electrons. The standard InChI is InChI=1S/C14H12O4S/c1-9-14(4-5-16-9)19-7-11(15)10-2-3-12-13(6-10)18-8-17-12/h2-6H,7-8H2,1H3. The molecule has 2 heterocycles. The lowest BCUT2D eigenvalue weighted by Crippen LogP contribution is -2.02. The first-order valence-corrected chi connectivity index (χ1v) is 6.82. The summed E-state index contributed by atoms with van der Waals surface area (Å²) < 4.78 is 15.7. The van der Waals surface area contributed by atoms with Crippen molar-refractivity contribution in [1.82, 2.24) is 0 Å². The number of carbonyl (C=O) groups excluding carboxylic acids is 1. The van der Waals surface area contributed by atoms with Crippen LogP contribution in [0.5, 0.6) is 11.5 Å². The fourth-order valence-corrected chi connectivity index (χ4v) is 2.68. The number of furan rings is 1. The summed E-state index contributed by atoms with van der Waals surface area (Å²) in [6, 6.07) is 7.13. The second-order valence-electron chi connectivity index (χ2n) is 4.12. The van der Waals surface area contributed by atoms with Crippen molar-refractivity contribution in [2.75, 3.05) is 12.5 Å². The van der Waals surface area contributed by atoms with Crippen molar-refractivity contribution in [2.24, 2.45) is 0 Å². The predicted octanol–water partition coefficient (Wildman–Crippen LogP) is 3.29. The molecule has 0 amide bonds. The molecule has 0 atom stereocenters. The lowest BCUT2D eigenvalue weighted by atomic mass is 10.1. The van der Waals surface area contributed by atoms with Gasteiger partial charge in [0.15, 0.2) is 17.3 Å². The summed E-state index contributed by atoms with van der Waals surface area (Å²) in [5, 5.41) is 0. The van der Waals surface area contributed by atoms with Crippen molar-refractivity contribution in [3.63, 3.8) is 0 Å². The van der Waals surface area contributed by atoms with Crippen LogP contribution in [0.1, 0.15) is 16.1 Å². The predicted molar refractivity (Wildman–Crippen MR) is 71.1 cm³/mol. The first-order chi connectivity index (χ1) is 9.24. The Morgan fingerprint density at radius 2 is 2.11 bits per heavy atom. The van der Waals surface area contributed by atoms with Gasteiger partial charge in [-0.3, -0.25) is 4.79 Å². The molecule has 1 aliphatic heterocycles. The van der Waals surface area contributed by atoms with Crippen LogP contribution in [0.25, 0.3) is 0 Å². The van der Waals surface area contributed by atoms with E-state index in [2.05, 4.69) is 0 Å². The second kappa shape index (κ2) is 5.01. The van der Waals surface area contributed by atoms with Crippen LogP contribution >= 0.6 is 11.8 Å². The van der Waals surface area contributed by atoms with Gasteiger partial charge in [0.25, 0.3) is 0 Å². The third-order valence-electron chi connectivity index (χ3n) is 2.86. The second-order valence-corrected chi connectivity index (χ2v) is 5.14. The number of rotatable bonds is 4. The normalized spacial score (nSPS) is 12.7. The van der Waals surface area contributed by atoms with Gasteiger partial charge in [-0.1, -0.05) is 0 Å². The average Bonchev–Trinajstić information content (AvgIpc) is 3.03. The lowest BCUT2D eigenvalue weighted by molar-refractivity contribution is 0.102. The first-order valence-electron chi connectivity index (χ1n) is 5.84. The molecule has 1 aliphatic rings. The highest BCUT2D eigenvalue weighted by Gasteiger charge is 2.16. The quantitative estimate of drug-likeness (QED) is 0.633. The van der Waals surface area contributed by atoms with E-state index in [-0.39, 0.29) is 12.6 Å². The van der Waals surface area contributed by atoms with Crippen molar-refractivity contribution < 1.29 is 18.7 Å². The van der Waals surface area contributed by atoms with E-state index < -0.39 is 0 Å². The molecule has 1 aromatic heterocycles. The molecular formula is C14H12O4S. The third kappa shape index (κ3) is 2.46. The van der Waals surface area contributed by atoms with E-state index in [0.29, 0.717) is 22.8 Å². The first kappa shape index (κ1) is 12.2. The Hall–Kier alpha value is -1.88. The summed E-state index contributed by atoms with van der Waals surface area (Å²) in [6.07, 6.45) is 1.63. The fourth-order valence-electron chi connectivity index (χ4n) is 1.82. The minimum absolute atomic E-state index is 0.0592. The minimum Gasteiger partial charge on any atom is -0.468 e. The third-order valence-corrected chi connectivity index (χ3v) is 4.01. The van der Waals surface area contributed by atoms with Gasteiger partial charge in [0.1, 0.15) is 5.76 Å². The van der Waals surface area contributed by atoms with Crippen LogP contribution in [-0.2, 0) is 0 Å². The minimum atomic E-state index is 0.0592. The number of benzene rings is 1. The van der Waals surface area contributed by atoms with Crippen molar-refractivity contribution in [3.8, 4) is 11.5 Å². The zero-order valence-electron chi connectivity index (χ0n) is 10.3. The molecule has 0 bridgehead atoms. The van der Waals surface area contributed by atoms with Gasteiger partial charge in [-0.2, -0.15) is 0 Å². The molecule has 19 heavy (non-hydrogen) atoms. The highest BCUT2D eigenvalue weighted by atomic mass is 32.2. The fraction of sp³-hybridized carbons (Fsp3) is 0.214. The van der Waals surface area contributed by atoms with E-state index in [9.17, 15) is 4.79 Å². The summed E-state index contributed by atoms with van der Waals surface area (Å²) in [4.78, 5) is 13.1. The number of aryl methyl sites for hydroxylation is 1. The van der Waals surface area contributed by atoms with E-state index >= 15 is 0 Å². The van der Waals surface area contributed by atoms with Crippen molar-refractivity contribution in [3.05, 3.63) is 41.9 Å². The van der Waals surface area contributed by atoms with Crippen molar-refractivity contribution in [1.29, 1.82) is 0 Å². The number of fused-ring (bicyclic) bond motifs is 1. The van der Waals surface area contributed by atoms with Crippen molar-refractivity contribution >= 4 is 17.5 Å². The molecule has 0 saturated heterocycles. The van der Waals surface area contributed by atoms with Gasteiger partial charge in [0, 0.05) is 10.5 Å². The highest BCUT2D eigenvalue weighted by Crippen LogP contribution is 2.33. The molecule has 0 unspecified atom stereocenters. The summed E-state index contributed by atoms with van der Waals surface area (Å²) in [5.74, 6) is 2.60. The van der Waals surface area contributed by atoms with Crippen LogP contribution < -0.4 is 9.47 Å². The molecular weight excluding hydrogens is 264 g/mol. The number of thioether (sulfide) groups is 1. The van der Waals surface area contributed by atoms with Crippen LogP contribution in [0.4, 0.5) is 0 Å². The molecule has 0 fully saturated rings. The zero-order chi connectivity index (χ0) is 13.2. The number of ketones is 1. The maximum absolute atomic E-state index is 12.1. The molecule has 0 aliphatic carbocycles. The Kier molecular flexibility index (Phi) is 3.21. The Balaban J connectivity index is 1.69. The van der Waals surface area contributed by atoms with Gasteiger partial charge in [0.2, 0.25) is 6.79 Å². The van der Waals surface area contributed by atoms with E-state index in [1.165, 1.54) is 11.8 Å². The average molecular weight is 276 g/mol. The van der Waals surface area contributed by atoms with Crippen LogP contribution in [0.15, 0.2) is 39.8 Å². The monoisotopic (exact) mass is 276 g/mol. The molecule has 3 rings (SSSR count). The summed E-state index contributed by atoms with van der Waals surface area (Å²) >= 11 is 1.47. The van der Waals surface area contributed by atoms with Gasteiger partial charge in [0.05, 0.1) is 12.0 Å². The molecule has 4 nitrogen and oxygen atoms in total. The topological polar surface area (TPSA) is 48.7 Å². The molecule has 0 N–H and O–H groups in total. The summed E-state index contributed by atoms with van der Waals surface area (Å²) in [5.41, 5.74) is 0.637. The van der Waals surface area contributed by atoms with E-state index in [4.69, 9.17) is 13.9 Å². The Labute approximate surface area is 114 Å². The van der Waals surface area contributed by atoms with Gasteiger partial charge in [-0.05, 0) is 31.2 Å². The maximum atomic E-state index is 12.1. The van der Waals surface area contributed by atoms with Crippen LogP contribution in [-0.4, -0.2) is 18.3 Å². The van der Waals surface area contributed by atoms with E-state index in [0.717, 1.165) is 10.7 Å². The number of ether oxygens (including phenoxy) is 2. The number of carbonyl (C=O) groups is 1. The van der Waals surface area contributed by atoms with Crippen molar-refractivity contribution in [2.45, 2.75) is 11.8 Å². The Morgan fingerprint density at radius 3 is 2.89 bits per heavy atom. The maximum Gasteiger partial charge on any atom is 0.231 e. The Bertz CT molecular complexity index is 618. The molecule has 2 aromatic rings. The summed E-state index contributed by atoms with van der Waals surface area (Å²) in [7, 11) is 0. The highest BCUT2D eigenvalue weighted by molar-refractivity contribution is 8.00. The van der Waals surface area contributed by atoms with Gasteiger partial charge in [-0.25, -0.2) is 0 Å². The lowest BCUT2D eigenvalue weighted by Gasteiger charge is -2.02. The molecule has 1 aromatic carbocycles. The van der Waals surface area contributed by atoms with Gasteiger partial charge in [-0.15, -0.1) is 11.8 Å². The Morgan fingerprint density at radius 1 is 1.26 bits per heavy atom. The SMILES string of the molecule is Cc1occc1SCC(=O)c1ccc2c(c1)OCO2. The van der Waals surface area contributed by atoms with E-state index in [1.807, 2.05) is 13.0 Å². The number of hydrogen-bond donors (Lipinski definition) is 0. The number of hydrogen-bond acceptors (Lipinski definition) is 5.